The molecule has 8 nitrogen and oxygen atoms in total. The summed E-state index contributed by atoms with van der Waals surface area (Å²) in [4.78, 5) is 4.35. The number of hydrogen-bond acceptors (Lipinski definition) is 8. The molecular weight excluding hydrogens is 652 g/mol. The normalized spacial score (nSPS) is 11.2. The van der Waals surface area contributed by atoms with Crippen LogP contribution in [0.1, 0.15) is 13.3 Å². The molecule has 1 unspecified atom stereocenters. The van der Waals surface area contributed by atoms with Crippen LogP contribution in [-0.2, 0) is 0 Å². The fourth-order valence-electron chi connectivity index (χ4n) is 5.80. The summed E-state index contributed by atoms with van der Waals surface area (Å²) in [5.74, 6) is 4.74. The first-order valence-corrected chi connectivity index (χ1v) is 17.2. The van der Waals surface area contributed by atoms with E-state index >= 15 is 0 Å². The van der Waals surface area contributed by atoms with Crippen LogP contribution in [0.4, 0.5) is 34.1 Å². The van der Waals surface area contributed by atoms with Gasteiger partial charge in [-0.15, -0.1) is 0 Å². The first kappa shape index (κ1) is 35.5. The molecule has 0 aliphatic carbocycles. The predicted molar refractivity (Wildman–Crippen MR) is 209 cm³/mol. The van der Waals surface area contributed by atoms with Gasteiger partial charge >= 0.3 is 0 Å². The van der Waals surface area contributed by atoms with Gasteiger partial charge in [-0.3, -0.25) is 0 Å². The standard InChI is InChI=1S/C44H44N2O6/c1-6-38(52-44-29-17-37(18-30-44)46(34-11-23-41(49-4)24-12-34)35-13-25-42(50-5)26-14-35)31-51-43-27-15-36(16-28-43)45(32-7-19-39(47-2)20-8-32)33-9-21-40(48-3)22-10-33/h7-30,38H,6,31H2,1-5H3. The van der Waals surface area contributed by atoms with E-state index in [-0.39, 0.29) is 6.10 Å². The van der Waals surface area contributed by atoms with Gasteiger partial charge in [0.1, 0.15) is 47.2 Å². The number of anilines is 6. The summed E-state index contributed by atoms with van der Waals surface area (Å²) in [6.07, 6.45) is 0.645. The third-order valence-corrected chi connectivity index (χ3v) is 8.71. The lowest BCUT2D eigenvalue weighted by Gasteiger charge is -2.26. The van der Waals surface area contributed by atoms with Gasteiger partial charge in [0.2, 0.25) is 0 Å². The Kier molecular flexibility index (Phi) is 11.7. The molecule has 52 heavy (non-hydrogen) atoms. The third kappa shape index (κ3) is 8.53. The van der Waals surface area contributed by atoms with E-state index in [1.807, 2.05) is 121 Å². The number of methoxy groups -OCH3 is 4. The van der Waals surface area contributed by atoms with Crippen molar-refractivity contribution in [2.45, 2.75) is 19.4 Å². The van der Waals surface area contributed by atoms with E-state index in [2.05, 4.69) is 41.0 Å². The van der Waals surface area contributed by atoms with Crippen molar-refractivity contribution >= 4 is 34.1 Å². The molecular formula is C44H44N2O6. The second-order valence-electron chi connectivity index (χ2n) is 11.9. The average molecular weight is 697 g/mol. The van der Waals surface area contributed by atoms with Crippen molar-refractivity contribution in [3.8, 4) is 34.5 Å². The molecule has 0 spiro atoms. The van der Waals surface area contributed by atoms with Crippen LogP contribution < -0.4 is 38.2 Å². The van der Waals surface area contributed by atoms with Crippen LogP contribution in [0, 0.1) is 0 Å². The van der Waals surface area contributed by atoms with E-state index < -0.39 is 0 Å². The van der Waals surface area contributed by atoms with Crippen LogP contribution in [0.2, 0.25) is 0 Å². The van der Waals surface area contributed by atoms with E-state index in [1.54, 1.807) is 28.4 Å². The van der Waals surface area contributed by atoms with Crippen molar-refractivity contribution < 1.29 is 28.4 Å². The summed E-state index contributed by atoms with van der Waals surface area (Å²) in [5.41, 5.74) is 5.99. The van der Waals surface area contributed by atoms with E-state index in [0.29, 0.717) is 6.61 Å². The molecule has 1 atom stereocenters. The van der Waals surface area contributed by atoms with Crippen molar-refractivity contribution in [3.63, 3.8) is 0 Å². The molecule has 0 amide bonds. The molecule has 0 heterocycles. The predicted octanol–water partition coefficient (Wildman–Crippen LogP) is 10.9. The van der Waals surface area contributed by atoms with Crippen LogP contribution in [0.25, 0.3) is 0 Å². The molecule has 0 fully saturated rings. The Hall–Kier alpha value is -6.28. The minimum Gasteiger partial charge on any atom is -0.497 e. The molecule has 6 aromatic rings. The smallest absolute Gasteiger partial charge is 0.132 e. The maximum absolute atomic E-state index is 6.40. The number of hydrogen-bond donors (Lipinski definition) is 0. The van der Waals surface area contributed by atoms with Gasteiger partial charge in [0.05, 0.1) is 28.4 Å². The molecule has 0 N–H and O–H groups in total. The van der Waals surface area contributed by atoms with Gasteiger partial charge in [0.25, 0.3) is 0 Å². The van der Waals surface area contributed by atoms with Gasteiger partial charge in [0.15, 0.2) is 0 Å². The Labute approximate surface area is 306 Å². The second-order valence-corrected chi connectivity index (χ2v) is 11.9. The fraction of sp³-hybridized carbons (Fsp3) is 0.182. The van der Waals surface area contributed by atoms with E-state index in [1.165, 1.54) is 0 Å². The molecule has 0 aromatic heterocycles. The molecule has 0 radical (unpaired) electrons. The summed E-state index contributed by atoms with van der Waals surface area (Å²) in [7, 11) is 6.67. The van der Waals surface area contributed by atoms with Gasteiger partial charge in [-0.1, -0.05) is 6.92 Å². The highest BCUT2D eigenvalue weighted by Crippen LogP contribution is 2.38. The zero-order valence-electron chi connectivity index (χ0n) is 30.2. The number of nitrogens with zero attached hydrogens (tertiary/aromatic N) is 2. The molecule has 6 rings (SSSR count). The summed E-state index contributed by atoms with van der Waals surface area (Å²) in [5, 5.41) is 0. The maximum atomic E-state index is 6.40. The van der Waals surface area contributed by atoms with Crippen LogP contribution >= 0.6 is 0 Å². The van der Waals surface area contributed by atoms with Crippen molar-refractivity contribution in [2.75, 3.05) is 44.8 Å². The lowest BCUT2D eigenvalue weighted by Crippen LogP contribution is -2.24. The Balaban J connectivity index is 1.14. The topological polar surface area (TPSA) is 61.9 Å². The molecule has 266 valence electrons. The molecule has 0 saturated carbocycles. The minimum absolute atomic E-state index is 0.139. The quantitative estimate of drug-likeness (QED) is 0.0991. The van der Waals surface area contributed by atoms with Gasteiger partial charge < -0.3 is 38.2 Å². The van der Waals surface area contributed by atoms with Crippen molar-refractivity contribution in [2.24, 2.45) is 0 Å². The number of benzene rings is 6. The second kappa shape index (κ2) is 17.1. The molecule has 0 aliphatic rings. The van der Waals surface area contributed by atoms with E-state index in [4.69, 9.17) is 28.4 Å². The van der Waals surface area contributed by atoms with Crippen molar-refractivity contribution in [1.82, 2.24) is 0 Å². The van der Waals surface area contributed by atoms with Crippen LogP contribution in [0.3, 0.4) is 0 Å². The Morgan fingerprint density at radius 1 is 0.365 bits per heavy atom. The summed E-state index contributed by atoms with van der Waals surface area (Å²) in [6, 6.07) is 48.2. The Bertz CT molecular complexity index is 1870. The fourth-order valence-corrected chi connectivity index (χ4v) is 5.80. The van der Waals surface area contributed by atoms with E-state index in [9.17, 15) is 0 Å². The van der Waals surface area contributed by atoms with Crippen LogP contribution in [0.15, 0.2) is 146 Å². The van der Waals surface area contributed by atoms with Crippen molar-refractivity contribution in [3.05, 3.63) is 146 Å². The first-order valence-electron chi connectivity index (χ1n) is 17.2. The van der Waals surface area contributed by atoms with Crippen LogP contribution in [-0.4, -0.2) is 41.2 Å². The molecule has 0 saturated heterocycles. The number of rotatable bonds is 16. The first-order chi connectivity index (χ1) is 25.5. The highest BCUT2D eigenvalue weighted by molar-refractivity contribution is 5.78. The Morgan fingerprint density at radius 2 is 0.615 bits per heavy atom. The van der Waals surface area contributed by atoms with Crippen LogP contribution in [0.5, 0.6) is 34.5 Å². The maximum Gasteiger partial charge on any atom is 0.132 e. The molecule has 8 heteroatoms. The highest BCUT2D eigenvalue weighted by Gasteiger charge is 2.16. The van der Waals surface area contributed by atoms with Gasteiger partial charge in [-0.05, 0) is 152 Å². The SMILES string of the molecule is CCC(COc1ccc(N(c2ccc(OC)cc2)c2ccc(OC)cc2)cc1)Oc1ccc(N(c2ccc(OC)cc2)c2ccc(OC)cc2)cc1. The lowest BCUT2D eigenvalue weighted by atomic mass is 10.1. The average Bonchev–Trinajstić information content (AvgIpc) is 3.21. The third-order valence-electron chi connectivity index (χ3n) is 8.71. The van der Waals surface area contributed by atoms with Gasteiger partial charge in [-0.2, -0.15) is 0 Å². The molecule has 0 aliphatic heterocycles. The monoisotopic (exact) mass is 696 g/mol. The summed E-state index contributed by atoms with van der Waals surface area (Å²) >= 11 is 0. The zero-order valence-corrected chi connectivity index (χ0v) is 30.2. The zero-order chi connectivity index (χ0) is 36.3. The largest absolute Gasteiger partial charge is 0.497 e. The van der Waals surface area contributed by atoms with Crippen molar-refractivity contribution in [1.29, 1.82) is 0 Å². The molecule has 6 aromatic carbocycles. The summed E-state index contributed by atoms with van der Waals surface area (Å²) < 4.78 is 34.2. The minimum atomic E-state index is -0.139. The van der Waals surface area contributed by atoms with E-state index in [0.717, 1.165) is 75.0 Å². The lowest BCUT2D eigenvalue weighted by molar-refractivity contribution is 0.125. The van der Waals surface area contributed by atoms with Gasteiger partial charge in [-0.25, -0.2) is 0 Å². The van der Waals surface area contributed by atoms with Gasteiger partial charge in [0, 0.05) is 34.1 Å². The molecule has 0 bridgehead atoms. The number of ether oxygens (including phenoxy) is 6. The Morgan fingerprint density at radius 3 is 0.865 bits per heavy atom. The highest BCUT2D eigenvalue weighted by atomic mass is 16.5. The summed E-state index contributed by atoms with van der Waals surface area (Å²) in [6.45, 7) is 2.50.